The van der Waals surface area contributed by atoms with Crippen molar-refractivity contribution in [1.29, 1.82) is 0 Å². The van der Waals surface area contributed by atoms with Gasteiger partial charge in [0.1, 0.15) is 5.52 Å². The normalized spacial score (nSPS) is 28.8. The molecule has 138 valence electrons. The van der Waals surface area contributed by atoms with Crippen molar-refractivity contribution >= 4 is 34.6 Å². The third-order valence-corrected chi connectivity index (χ3v) is 6.30. The van der Waals surface area contributed by atoms with E-state index in [1.165, 1.54) is 0 Å². The van der Waals surface area contributed by atoms with E-state index in [2.05, 4.69) is 15.2 Å². The fraction of sp³-hybridized carbons (Fsp3) is 0.579. The molecule has 26 heavy (non-hydrogen) atoms. The molecule has 1 aromatic carbocycles. The maximum atomic E-state index is 12.6. The molecule has 3 aliphatic rings. The number of halogens is 1. The van der Waals surface area contributed by atoms with Crippen LogP contribution in [0.1, 0.15) is 25.7 Å². The summed E-state index contributed by atoms with van der Waals surface area (Å²) in [6, 6.07) is 6.39. The van der Waals surface area contributed by atoms with Gasteiger partial charge in [-0.25, -0.2) is 0 Å². The van der Waals surface area contributed by atoms with E-state index in [-0.39, 0.29) is 11.8 Å². The Morgan fingerprint density at radius 1 is 1.27 bits per heavy atom. The van der Waals surface area contributed by atoms with Crippen LogP contribution in [-0.4, -0.2) is 42.7 Å². The van der Waals surface area contributed by atoms with E-state index in [1.54, 1.807) is 6.07 Å². The van der Waals surface area contributed by atoms with E-state index in [0.29, 0.717) is 34.7 Å². The first-order chi connectivity index (χ1) is 12.7. The summed E-state index contributed by atoms with van der Waals surface area (Å²) in [7, 11) is 0. The zero-order valence-electron chi connectivity index (χ0n) is 14.5. The topological polar surface area (TPSA) is 67.6 Å². The summed E-state index contributed by atoms with van der Waals surface area (Å²) < 4.78 is 11.5. The quantitative estimate of drug-likeness (QED) is 0.893. The van der Waals surface area contributed by atoms with Crippen LogP contribution in [0, 0.1) is 11.8 Å². The second-order valence-electron chi connectivity index (χ2n) is 7.58. The molecule has 0 spiro atoms. The standard InChI is InChI=1S/C19H22ClN3O3/c20-12-1-2-14-17(9-12)26-19(22-14)23-6-3-11(4-7-23)18(24)21-15-10-16-13(15)5-8-25-16/h1-2,9,11,13,15-16H,3-8,10H2,(H,21,24)/t13-,15+,16+/m0/s1. The van der Waals surface area contributed by atoms with Crippen LogP contribution in [0.25, 0.3) is 11.1 Å². The van der Waals surface area contributed by atoms with Gasteiger partial charge >= 0.3 is 0 Å². The van der Waals surface area contributed by atoms with Gasteiger partial charge in [-0.3, -0.25) is 4.79 Å². The smallest absolute Gasteiger partial charge is 0.298 e. The maximum Gasteiger partial charge on any atom is 0.298 e. The van der Waals surface area contributed by atoms with Crippen LogP contribution >= 0.6 is 11.6 Å². The number of hydrogen-bond acceptors (Lipinski definition) is 5. The SMILES string of the molecule is O=C(N[C@@H]1C[C@H]2OCC[C@@H]12)C1CCN(c2nc3ccc(Cl)cc3o2)CC1. The van der Waals surface area contributed by atoms with Gasteiger partial charge in [0.15, 0.2) is 5.58 Å². The number of aromatic nitrogens is 1. The number of nitrogens with one attached hydrogen (secondary N) is 1. The first kappa shape index (κ1) is 16.4. The average Bonchev–Trinajstić information content (AvgIpc) is 3.22. The Morgan fingerprint density at radius 2 is 2.12 bits per heavy atom. The minimum Gasteiger partial charge on any atom is -0.423 e. The number of rotatable bonds is 3. The number of ether oxygens (including phenoxy) is 1. The van der Waals surface area contributed by atoms with Crippen molar-refractivity contribution in [3.63, 3.8) is 0 Å². The van der Waals surface area contributed by atoms with Crippen molar-refractivity contribution in [2.45, 2.75) is 37.8 Å². The molecule has 2 saturated heterocycles. The van der Waals surface area contributed by atoms with Crippen molar-refractivity contribution < 1.29 is 13.9 Å². The monoisotopic (exact) mass is 375 g/mol. The van der Waals surface area contributed by atoms with Gasteiger partial charge in [0, 0.05) is 48.7 Å². The zero-order valence-corrected chi connectivity index (χ0v) is 15.2. The largest absolute Gasteiger partial charge is 0.423 e. The minimum absolute atomic E-state index is 0.0754. The van der Waals surface area contributed by atoms with Crippen LogP contribution in [0.2, 0.25) is 5.02 Å². The van der Waals surface area contributed by atoms with Crippen LogP contribution in [0.5, 0.6) is 0 Å². The fourth-order valence-electron chi connectivity index (χ4n) is 4.42. The van der Waals surface area contributed by atoms with Gasteiger partial charge in [-0.05, 0) is 37.8 Å². The summed E-state index contributed by atoms with van der Waals surface area (Å²) in [5.74, 6) is 0.807. The molecule has 5 rings (SSSR count). The molecule has 3 fully saturated rings. The van der Waals surface area contributed by atoms with Crippen LogP contribution in [-0.2, 0) is 9.53 Å². The Bertz CT molecular complexity index is 831. The number of amides is 1. The summed E-state index contributed by atoms with van der Waals surface area (Å²) in [6.07, 6.45) is 4.08. The fourth-order valence-corrected chi connectivity index (χ4v) is 4.58. The van der Waals surface area contributed by atoms with E-state index in [9.17, 15) is 4.79 Å². The maximum absolute atomic E-state index is 12.6. The van der Waals surface area contributed by atoms with E-state index in [1.807, 2.05) is 12.1 Å². The van der Waals surface area contributed by atoms with E-state index in [4.69, 9.17) is 20.8 Å². The number of fused-ring (bicyclic) bond motifs is 2. The molecule has 3 heterocycles. The lowest BCUT2D eigenvalue weighted by atomic mass is 9.76. The molecule has 0 unspecified atom stereocenters. The predicted molar refractivity (Wildman–Crippen MR) is 98.4 cm³/mol. The highest BCUT2D eigenvalue weighted by Crippen LogP contribution is 2.39. The number of carbonyl (C=O) groups excluding carboxylic acids is 1. The number of hydrogen-bond donors (Lipinski definition) is 1. The molecule has 2 aliphatic heterocycles. The van der Waals surface area contributed by atoms with Gasteiger partial charge in [0.25, 0.3) is 6.01 Å². The molecule has 1 aromatic heterocycles. The van der Waals surface area contributed by atoms with Crippen LogP contribution in [0.3, 0.4) is 0 Å². The third-order valence-electron chi connectivity index (χ3n) is 6.07. The molecule has 0 radical (unpaired) electrons. The van der Waals surface area contributed by atoms with Gasteiger partial charge in [-0.1, -0.05) is 11.6 Å². The van der Waals surface area contributed by atoms with Gasteiger partial charge in [0.2, 0.25) is 5.91 Å². The highest BCUT2D eigenvalue weighted by Gasteiger charge is 2.46. The second-order valence-corrected chi connectivity index (χ2v) is 8.02. The van der Waals surface area contributed by atoms with Crippen LogP contribution < -0.4 is 10.2 Å². The number of nitrogens with zero attached hydrogens (tertiary/aromatic N) is 2. The van der Waals surface area contributed by atoms with E-state index >= 15 is 0 Å². The summed E-state index contributed by atoms with van der Waals surface area (Å²) >= 11 is 6.01. The predicted octanol–water partition coefficient (Wildman–Crippen LogP) is 2.99. The second kappa shape index (κ2) is 6.43. The molecule has 2 aromatic rings. The number of piperidine rings is 1. The van der Waals surface area contributed by atoms with Crippen molar-refractivity contribution in [2.75, 3.05) is 24.6 Å². The first-order valence-corrected chi connectivity index (χ1v) is 9.78. The van der Waals surface area contributed by atoms with Crippen molar-refractivity contribution in [2.24, 2.45) is 11.8 Å². The Hall–Kier alpha value is -1.79. The molecule has 0 bridgehead atoms. The third kappa shape index (κ3) is 2.85. The highest BCUT2D eigenvalue weighted by molar-refractivity contribution is 6.31. The Kier molecular flexibility index (Phi) is 4.05. The average molecular weight is 376 g/mol. The Balaban J connectivity index is 1.18. The number of benzene rings is 1. The highest BCUT2D eigenvalue weighted by atomic mass is 35.5. The van der Waals surface area contributed by atoms with E-state index < -0.39 is 0 Å². The first-order valence-electron chi connectivity index (χ1n) is 9.40. The number of oxazole rings is 1. The lowest BCUT2D eigenvalue weighted by molar-refractivity contribution is -0.128. The molecule has 1 N–H and O–H groups in total. The Morgan fingerprint density at radius 3 is 2.92 bits per heavy atom. The summed E-state index contributed by atoms with van der Waals surface area (Å²) in [5.41, 5.74) is 1.51. The molecule has 1 amide bonds. The molecular formula is C19H22ClN3O3. The summed E-state index contributed by atoms with van der Waals surface area (Å²) in [5, 5.41) is 3.89. The zero-order chi connectivity index (χ0) is 17.7. The van der Waals surface area contributed by atoms with Gasteiger partial charge < -0.3 is 19.4 Å². The summed E-state index contributed by atoms with van der Waals surface area (Å²) in [4.78, 5) is 19.2. The molecule has 1 aliphatic carbocycles. The van der Waals surface area contributed by atoms with Crippen molar-refractivity contribution in [3.05, 3.63) is 23.2 Å². The van der Waals surface area contributed by atoms with Gasteiger partial charge in [0.05, 0.1) is 6.10 Å². The number of anilines is 1. The summed E-state index contributed by atoms with van der Waals surface area (Å²) in [6.45, 7) is 2.40. The molecule has 3 atom stereocenters. The van der Waals surface area contributed by atoms with Crippen LogP contribution in [0.4, 0.5) is 6.01 Å². The lowest BCUT2D eigenvalue weighted by Crippen LogP contribution is -2.55. The van der Waals surface area contributed by atoms with Crippen LogP contribution in [0.15, 0.2) is 22.6 Å². The van der Waals surface area contributed by atoms with Gasteiger partial charge in [-0.2, -0.15) is 4.98 Å². The van der Waals surface area contributed by atoms with Crippen molar-refractivity contribution in [3.8, 4) is 0 Å². The Labute approximate surface area is 156 Å². The van der Waals surface area contributed by atoms with Crippen molar-refractivity contribution in [1.82, 2.24) is 10.3 Å². The molecule has 6 nitrogen and oxygen atoms in total. The number of carbonyl (C=O) groups is 1. The lowest BCUT2D eigenvalue weighted by Gasteiger charge is -2.40. The molecular weight excluding hydrogens is 354 g/mol. The molecule has 7 heteroatoms. The van der Waals surface area contributed by atoms with Gasteiger partial charge in [-0.15, -0.1) is 0 Å². The minimum atomic E-state index is 0.0754. The molecule has 1 saturated carbocycles. The van der Waals surface area contributed by atoms with E-state index in [0.717, 1.165) is 50.9 Å².